The van der Waals surface area contributed by atoms with Gasteiger partial charge in [-0.05, 0) is 35.2 Å². The SMILES string of the molecule is O=C([O-])c1cccc(S(=O)(=O)NCCC(c2ccccc2)c2ccccc2)c1. The predicted octanol–water partition coefficient (Wildman–Crippen LogP) is 2.55. The Kier molecular flexibility index (Phi) is 6.23. The van der Waals surface area contributed by atoms with E-state index in [1.54, 1.807) is 0 Å². The molecule has 0 aliphatic heterocycles. The highest BCUT2D eigenvalue weighted by atomic mass is 32.2. The van der Waals surface area contributed by atoms with E-state index in [1.807, 2.05) is 60.7 Å². The van der Waals surface area contributed by atoms with Gasteiger partial charge in [0.15, 0.2) is 0 Å². The van der Waals surface area contributed by atoms with Crippen LogP contribution in [0.5, 0.6) is 0 Å². The van der Waals surface area contributed by atoms with Gasteiger partial charge in [-0.25, -0.2) is 13.1 Å². The van der Waals surface area contributed by atoms with Crippen LogP contribution in [0.1, 0.15) is 33.8 Å². The molecule has 0 unspecified atom stereocenters. The first-order valence-corrected chi connectivity index (χ1v) is 10.4. The van der Waals surface area contributed by atoms with Crippen LogP contribution in [-0.4, -0.2) is 20.9 Å². The Balaban J connectivity index is 1.75. The van der Waals surface area contributed by atoms with Crippen molar-refractivity contribution in [2.24, 2.45) is 0 Å². The zero-order valence-corrected chi connectivity index (χ0v) is 15.9. The molecule has 0 spiro atoms. The van der Waals surface area contributed by atoms with Crippen molar-refractivity contribution >= 4 is 16.0 Å². The molecule has 0 bridgehead atoms. The largest absolute Gasteiger partial charge is 0.545 e. The summed E-state index contributed by atoms with van der Waals surface area (Å²) < 4.78 is 27.6. The van der Waals surface area contributed by atoms with Crippen molar-refractivity contribution < 1.29 is 18.3 Å². The van der Waals surface area contributed by atoms with Crippen molar-refractivity contribution in [1.29, 1.82) is 0 Å². The minimum atomic E-state index is -3.82. The molecule has 0 aliphatic carbocycles. The first-order chi connectivity index (χ1) is 13.5. The third kappa shape index (κ3) is 4.85. The van der Waals surface area contributed by atoms with E-state index in [0.717, 1.165) is 17.2 Å². The van der Waals surface area contributed by atoms with E-state index in [-0.39, 0.29) is 22.9 Å². The zero-order chi connectivity index (χ0) is 20.0. The average molecular weight is 394 g/mol. The van der Waals surface area contributed by atoms with E-state index in [0.29, 0.717) is 6.42 Å². The molecule has 3 aromatic carbocycles. The molecule has 6 heteroatoms. The number of nitrogens with one attached hydrogen (secondary N) is 1. The van der Waals surface area contributed by atoms with Gasteiger partial charge < -0.3 is 9.90 Å². The summed E-state index contributed by atoms with van der Waals surface area (Å²) in [5, 5.41) is 11.0. The molecule has 28 heavy (non-hydrogen) atoms. The summed E-state index contributed by atoms with van der Waals surface area (Å²) in [6.07, 6.45) is 0.563. The second-order valence-electron chi connectivity index (χ2n) is 6.38. The van der Waals surface area contributed by atoms with Gasteiger partial charge in [-0.1, -0.05) is 72.8 Å². The standard InChI is InChI=1S/C22H21NO4S/c24-22(25)19-12-7-13-20(16-19)28(26,27)23-15-14-21(17-8-3-1-4-9-17)18-10-5-2-6-11-18/h1-13,16,21,23H,14-15H2,(H,24,25)/p-1. The number of carboxylic acid groups (broad SMARTS) is 1. The van der Waals surface area contributed by atoms with E-state index < -0.39 is 16.0 Å². The summed E-state index contributed by atoms with van der Waals surface area (Å²) in [5.41, 5.74) is 2.04. The molecule has 1 N–H and O–H groups in total. The van der Waals surface area contributed by atoms with Crippen LogP contribution in [0.15, 0.2) is 89.8 Å². The highest BCUT2D eigenvalue weighted by molar-refractivity contribution is 7.89. The quantitative estimate of drug-likeness (QED) is 0.636. The van der Waals surface area contributed by atoms with Crippen molar-refractivity contribution in [1.82, 2.24) is 4.72 Å². The lowest BCUT2D eigenvalue weighted by atomic mass is 9.89. The van der Waals surface area contributed by atoms with Gasteiger partial charge in [-0.15, -0.1) is 0 Å². The molecule has 0 saturated carbocycles. The number of hydrogen-bond acceptors (Lipinski definition) is 4. The number of carbonyl (C=O) groups is 1. The molecule has 144 valence electrons. The Morgan fingerprint density at radius 3 is 1.96 bits per heavy atom. The van der Waals surface area contributed by atoms with Gasteiger partial charge >= 0.3 is 0 Å². The van der Waals surface area contributed by atoms with Gasteiger partial charge in [0.25, 0.3) is 0 Å². The molecule has 5 nitrogen and oxygen atoms in total. The molecular formula is C22H20NO4S-. The summed E-state index contributed by atoms with van der Waals surface area (Å²) in [7, 11) is -3.82. The van der Waals surface area contributed by atoms with Gasteiger partial charge in [0.05, 0.1) is 10.9 Å². The molecule has 0 heterocycles. The summed E-state index contributed by atoms with van der Waals surface area (Å²) in [4.78, 5) is 10.9. The number of sulfonamides is 1. The molecule has 0 fully saturated rings. The van der Waals surface area contributed by atoms with E-state index in [4.69, 9.17) is 0 Å². The number of benzene rings is 3. The normalized spacial score (nSPS) is 11.5. The van der Waals surface area contributed by atoms with Gasteiger partial charge in [0.1, 0.15) is 0 Å². The van der Waals surface area contributed by atoms with Crippen molar-refractivity contribution in [2.45, 2.75) is 17.2 Å². The van der Waals surface area contributed by atoms with E-state index in [9.17, 15) is 18.3 Å². The fraction of sp³-hybridized carbons (Fsp3) is 0.136. The Morgan fingerprint density at radius 1 is 0.857 bits per heavy atom. The smallest absolute Gasteiger partial charge is 0.240 e. The monoisotopic (exact) mass is 394 g/mol. The van der Waals surface area contributed by atoms with Gasteiger partial charge in [0.2, 0.25) is 10.0 Å². The van der Waals surface area contributed by atoms with Crippen molar-refractivity contribution in [2.75, 3.05) is 6.54 Å². The predicted molar refractivity (Wildman–Crippen MR) is 105 cm³/mol. The minimum Gasteiger partial charge on any atom is -0.545 e. The van der Waals surface area contributed by atoms with Gasteiger partial charge in [-0.3, -0.25) is 0 Å². The fourth-order valence-corrected chi connectivity index (χ4v) is 4.20. The van der Waals surface area contributed by atoms with Crippen LogP contribution < -0.4 is 9.83 Å². The molecule has 0 aromatic heterocycles. The number of aromatic carboxylic acids is 1. The molecule has 0 atom stereocenters. The lowest BCUT2D eigenvalue weighted by Gasteiger charge is -2.18. The van der Waals surface area contributed by atoms with Crippen molar-refractivity contribution in [3.8, 4) is 0 Å². The minimum absolute atomic E-state index is 0.0413. The second kappa shape index (κ2) is 8.82. The third-order valence-corrected chi connectivity index (χ3v) is 5.97. The average Bonchev–Trinajstić information content (AvgIpc) is 2.72. The van der Waals surface area contributed by atoms with Crippen LogP contribution in [0.2, 0.25) is 0 Å². The maximum atomic E-state index is 12.5. The van der Waals surface area contributed by atoms with Crippen molar-refractivity contribution in [3.63, 3.8) is 0 Å². The number of hydrogen-bond donors (Lipinski definition) is 1. The fourth-order valence-electron chi connectivity index (χ4n) is 3.11. The van der Waals surface area contributed by atoms with Crippen molar-refractivity contribution in [3.05, 3.63) is 102 Å². The van der Waals surface area contributed by atoms with E-state index in [2.05, 4.69) is 4.72 Å². The van der Waals surface area contributed by atoms with Crippen LogP contribution in [0.3, 0.4) is 0 Å². The number of rotatable bonds is 8. The number of carbonyl (C=O) groups excluding carboxylic acids is 1. The van der Waals surface area contributed by atoms with Gasteiger partial charge in [-0.2, -0.15) is 0 Å². The van der Waals surface area contributed by atoms with Gasteiger partial charge in [0, 0.05) is 12.5 Å². The van der Waals surface area contributed by atoms with Crippen LogP contribution in [-0.2, 0) is 10.0 Å². The topological polar surface area (TPSA) is 86.3 Å². The van der Waals surface area contributed by atoms with E-state index >= 15 is 0 Å². The zero-order valence-electron chi connectivity index (χ0n) is 15.1. The molecule has 0 saturated heterocycles. The summed E-state index contributed by atoms with van der Waals surface area (Å²) in [6, 6.07) is 25.0. The Bertz CT molecular complexity index is 995. The Labute approximate surface area is 164 Å². The Hall–Kier alpha value is -2.96. The van der Waals surface area contributed by atoms with Crippen LogP contribution in [0, 0.1) is 0 Å². The van der Waals surface area contributed by atoms with Crippen LogP contribution >= 0.6 is 0 Å². The summed E-state index contributed by atoms with van der Waals surface area (Å²) in [6.45, 7) is 0.215. The third-order valence-electron chi connectivity index (χ3n) is 4.51. The second-order valence-corrected chi connectivity index (χ2v) is 8.14. The molecular weight excluding hydrogens is 374 g/mol. The molecule has 0 radical (unpaired) electrons. The molecule has 3 aromatic rings. The highest BCUT2D eigenvalue weighted by Gasteiger charge is 2.18. The van der Waals surface area contributed by atoms with Crippen LogP contribution in [0.4, 0.5) is 0 Å². The Morgan fingerprint density at radius 2 is 1.43 bits per heavy atom. The summed E-state index contributed by atoms with van der Waals surface area (Å²) >= 11 is 0. The summed E-state index contributed by atoms with van der Waals surface area (Å²) in [5.74, 6) is -1.37. The first kappa shape index (κ1) is 19.8. The lowest BCUT2D eigenvalue weighted by molar-refractivity contribution is -0.255. The molecule has 3 rings (SSSR count). The van der Waals surface area contributed by atoms with Crippen LogP contribution in [0.25, 0.3) is 0 Å². The molecule has 0 amide bonds. The highest BCUT2D eigenvalue weighted by Crippen LogP contribution is 2.27. The van der Waals surface area contributed by atoms with E-state index in [1.165, 1.54) is 18.2 Å². The first-order valence-electron chi connectivity index (χ1n) is 8.88. The maximum Gasteiger partial charge on any atom is 0.240 e. The lowest BCUT2D eigenvalue weighted by Crippen LogP contribution is -2.27. The molecule has 0 aliphatic rings. The number of carboxylic acids is 1. The maximum absolute atomic E-state index is 12.5.